The highest BCUT2D eigenvalue weighted by atomic mass is 16.2. The van der Waals surface area contributed by atoms with E-state index in [2.05, 4.69) is 5.32 Å². The Balaban J connectivity index is 1.97. The third kappa shape index (κ3) is 3.69. The average molecular weight is 303 g/mol. The lowest BCUT2D eigenvalue weighted by Gasteiger charge is -2.31. The molecule has 1 aliphatic heterocycles. The maximum Gasteiger partial charge on any atom is 0.313 e. The monoisotopic (exact) mass is 303 g/mol. The van der Waals surface area contributed by atoms with E-state index in [1.54, 1.807) is 23.1 Å². The number of piperazine rings is 1. The second-order valence-electron chi connectivity index (χ2n) is 5.02. The zero-order valence-electron chi connectivity index (χ0n) is 12.2. The summed E-state index contributed by atoms with van der Waals surface area (Å²) in [4.78, 5) is 48.9. The summed E-state index contributed by atoms with van der Waals surface area (Å²) in [5, 5.41) is 2.49. The van der Waals surface area contributed by atoms with Crippen LogP contribution in [0.1, 0.15) is 17.3 Å². The highest BCUT2D eigenvalue weighted by molar-refractivity contribution is 6.39. The number of carbonyl (C=O) groups is 4. The van der Waals surface area contributed by atoms with Crippen molar-refractivity contribution >= 4 is 29.7 Å². The van der Waals surface area contributed by atoms with Gasteiger partial charge in [0.2, 0.25) is 6.41 Å². The van der Waals surface area contributed by atoms with Crippen molar-refractivity contribution in [2.45, 2.75) is 6.92 Å². The maximum absolute atomic E-state index is 12.1. The number of hydrogen-bond donors (Lipinski definition) is 1. The Morgan fingerprint density at radius 3 is 2.41 bits per heavy atom. The van der Waals surface area contributed by atoms with Crippen LogP contribution in [0.2, 0.25) is 0 Å². The Kier molecular flexibility index (Phi) is 4.88. The van der Waals surface area contributed by atoms with Gasteiger partial charge in [0.1, 0.15) is 0 Å². The standard InChI is InChI=1S/C15H17N3O4/c1-11(20)12-3-2-4-13(9-12)16-14(21)15(22)18-7-5-17(10-19)6-8-18/h2-4,9-10H,5-8H2,1H3,(H,16,21). The molecule has 1 aliphatic rings. The van der Waals surface area contributed by atoms with Crippen molar-refractivity contribution < 1.29 is 19.2 Å². The molecule has 0 saturated carbocycles. The van der Waals surface area contributed by atoms with Gasteiger partial charge in [-0.05, 0) is 19.1 Å². The van der Waals surface area contributed by atoms with E-state index >= 15 is 0 Å². The molecule has 3 amide bonds. The van der Waals surface area contributed by atoms with Gasteiger partial charge in [-0.25, -0.2) is 0 Å². The van der Waals surface area contributed by atoms with Gasteiger partial charge >= 0.3 is 11.8 Å². The summed E-state index contributed by atoms with van der Waals surface area (Å²) in [6.07, 6.45) is 0.731. The topological polar surface area (TPSA) is 86.8 Å². The molecule has 1 heterocycles. The normalized spacial score (nSPS) is 14.4. The van der Waals surface area contributed by atoms with Crippen LogP contribution in [0.15, 0.2) is 24.3 Å². The minimum absolute atomic E-state index is 0.118. The van der Waals surface area contributed by atoms with E-state index in [9.17, 15) is 19.2 Å². The van der Waals surface area contributed by atoms with Crippen LogP contribution in [0.4, 0.5) is 5.69 Å². The maximum atomic E-state index is 12.1. The third-order valence-electron chi connectivity index (χ3n) is 3.47. The largest absolute Gasteiger partial charge is 0.342 e. The van der Waals surface area contributed by atoms with Crippen molar-refractivity contribution in [2.75, 3.05) is 31.5 Å². The SMILES string of the molecule is CC(=O)c1cccc(NC(=O)C(=O)N2CCN(C=O)CC2)c1. The van der Waals surface area contributed by atoms with Crippen molar-refractivity contribution in [3.63, 3.8) is 0 Å². The third-order valence-corrected chi connectivity index (χ3v) is 3.47. The summed E-state index contributed by atoms with van der Waals surface area (Å²) < 4.78 is 0. The molecule has 0 unspecified atom stereocenters. The van der Waals surface area contributed by atoms with E-state index in [1.165, 1.54) is 17.9 Å². The van der Waals surface area contributed by atoms with Crippen molar-refractivity contribution in [2.24, 2.45) is 0 Å². The van der Waals surface area contributed by atoms with Crippen LogP contribution in [0.25, 0.3) is 0 Å². The molecule has 0 spiro atoms. The highest BCUT2D eigenvalue weighted by Gasteiger charge is 2.25. The number of nitrogens with one attached hydrogen (secondary N) is 1. The van der Waals surface area contributed by atoms with Gasteiger partial charge in [0, 0.05) is 37.4 Å². The molecule has 0 radical (unpaired) electrons. The zero-order chi connectivity index (χ0) is 16.1. The summed E-state index contributed by atoms with van der Waals surface area (Å²) in [6, 6.07) is 6.41. The molecule has 116 valence electrons. The van der Waals surface area contributed by atoms with Crippen LogP contribution < -0.4 is 5.32 Å². The molecule has 2 rings (SSSR count). The number of hydrogen-bond acceptors (Lipinski definition) is 4. The molecule has 0 atom stereocenters. The van der Waals surface area contributed by atoms with Crippen molar-refractivity contribution in [1.29, 1.82) is 0 Å². The molecule has 1 aromatic carbocycles. The molecule has 0 aliphatic carbocycles. The fraction of sp³-hybridized carbons (Fsp3) is 0.333. The highest BCUT2D eigenvalue weighted by Crippen LogP contribution is 2.11. The Hall–Kier alpha value is -2.70. The van der Waals surface area contributed by atoms with Crippen molar-refractivity contribution in [3.05, 3.63) is 29.8 Å². The number of amides is 3. The lowest BCUT2D eigenvalue weighted by atomic mass is 10.1. The first-order valence-electron chi connectivity index (χ1n) is 6.92. The summed E-state index contributed by atoms with van der Waals surface area (Å²) in [6.45, 7) is 2.93. The Morgan fingerprint density at radius 2 is 1.82 bits per heavy atom. The number of ketones is 1. The van der Waals surface area contributed by atoms with Crippen molar-refractivity contribution in [3.8, 4) is 0 Å². The second kappa shape index (κ2) is 6.84. The molecular formula is C15H17N3O4. The van der Waals surface area contributed by atoms with Gasteiger partial charge in [-0.2, -0.15) is 0 Å². The van der Waals surface area contributed by atoms with Crippen LogP contribution in [0.5, 0.6) is 0 Å². The molecule has 1 N–H and O–H groups in total. The van der Waals surface area contributed by atoms with E-state index in [4.69, 9.17) is 0 Å². The molecule has 1 fully saturated rings. The fourth-order valence-corrected chi connectivity index (χ4v) is 2.17. The number of carbonyl (C=O) groups excluding carboxylic acids is 4. The molecule has 1 aromatic rings. The molecule has 7 heteroatoms. The molecule has 1 saturated heterocycles. The Morgan fingerprint density at radius 1 is 1.14 bits per heavy atom. The van der Waals surface area contributed by atoms with E-state index in [-0.39, 0.29) is 5.78 Å². The minimum Gasteiger partial charge on any atom is -0.342 e. The number of benzene rings is 1. The number of nitrogens with zero attached hydrogens (tertiary/aromatic N) is 2. The lowest BCUT2D eigenvalue weighted by Crippen LogP contribution is -2.51. The predicted molar refractivity (Wildman–Crippen MR) is 79.3 cm³/mol. The average Bonchev–Trinajstić information content (AvgIpc) is 2.54. The Bertz CT molecular complexity index is 607. The van der Waals surface area contributed by atoms with Crippen molar-refractivity contribution in [1.82, 2.24) is 9.80 Å². The van der Waals surface area contributed by atoms with Crippen LogP contribution in [0.3, 0.4) is 0 Å². The fourth-order valence-electron chi connectivity index (χ4n) is 2.17. The summed E-state index contributed by atoms with van der Waals surface area (Å²) in [7, 11) is 0. The van der Waals surface area contributed by atoms with Crippen LogP contribution >= 0.6 is 0 Å². The molecule has 7 nitrogen and oxygen atoms in total. The van der Waals surface area contributed by atoms with E-state index in [0.717, 1.165) is 6.41 Å². The van der Waals surface area contributed by atoms with Gasteiger partial charge in [-0.1, -0.05) is 12.1 Å². The predicted octanol–water partition coefficient (Wildman–Crippen LogP) is 0.128. The summed E-state index contributed by atoms with van der Waals surface area (Å²) >= 11 is 0. The Labute approximate surface area is 127 Å². The molecular weight excluding hydrogens is 286 g/mol. The van der Waals surface area contributed by atoms with Gasteiger partial charge in [-0.15, -0.1) is 0 Å². The first-order valence-corrected chi connectivity index (χ1v) is 6.92. The smallest absolute Gasteiger partial charge is 0.313 e. The summed E-state index contributed by atoms with van der Waals surface area (Å²) in [5.41, 5.74) is 0.863. The second-order valence-corrected chi connectivity index (χ2v) is 5.02. The van der Waals surface area contributed by atoms with E-state index in [1.807, 2.05) is 0 Å². The van der Waals surface area contributed by atoms with Crippen LogP contribution in [-0.2, 0) is 14.4 Å². The number of anilines is 1. The minimum atomic E-state index is -0.750. The van der Waals surface area contributed by atoms with Crippen LogP contribution in [0, 0.1) is 0 Å². The molecule has 0 aromatic heterocycles. The first kappa shape index (κ1) is 15.7. The molecule has 0 bridgehead atoms. The van der Waals surface area contributed by atoms with Crippen LogP contribution in [-0.4, -0.2) is 60.0 Å². The molecule has 22 heavy (non-hydrogen) atoms. The van der Waals surface area contributed by atoms with Gasteiger partial charge in [0.15, 0.2) is 5.78 Å². The number of Topliss-reactive ketones (excluding diaryl/α,β-unsaturated/α-hetero) is 1. The quantitative estimate of drug-likeness (QED) is 0.488. The van der Waals surface area contributed by atoms with Gasteiger partial charge in [-0.3, -0.25) is 19.2 Å². The van der Waals surface area contributed by atoms with Gasteiger partial charge in [0.25, 0.3) is 0 Å². The van der Waals surface area contributed by atoms with Gasteiger partial charge < -0.3 is 15.1 Å². The summed E-state index contributed by atoms with van der Waals surface area (Å²) in [5.74, 6) is -1.51. The number of rotatable bonds is 3. The first-order chi connectivity index (χ1) is 10.5. The van der Waals surface area contributed by atoms with Gasteiger partial charge in [0.05, 0.1) is 0 Å². The lowest BCUT2D eigenvalue weighted by molar-refractivity contribution is -0.144. The van der Waals surface area contributed by atoms with E-state index in [0.29, 0.717) is 37.4 Å². The zero-order valence-corrected chi connectivity index (χ0v) is 12.2. The van der Waals surface area contributed by atoms with E-state index < -0.39 is 11.8 Å².